The second-order valence-electron chi connectivity index (χ2n) is 3.24. The van der Waals surface area contributed by atoms with E-state index in [9.17, 15) is 8.42 Å². The molecule has 0 unspecified atom stereocenters. The molecule has 0 aliphatic rings. The summed E-state index contributed by atoms with van der Waals surface area (Å²) < 4.78 is 26.2. The van der Waals surface area contributed by atoms with Crippen LogP contribution in [-0.2, 0) is 10.0 Å². The van der Waals surface area contributed by atoms with Gasteiger partial charge in [-0.2, -0.15) is 0 Å². The summed E-state index contributed by atoms with van der Waals surface area (Å²) in [6.07, 6.45) is 2.83. The van der Waals surface area contributed by atoms with E-state index in [0.717, 1.165) is 0 Å². The van der Waals surface area contributed by atoms with Gasteiger partial charge in [-0.05, 0) is 18.2 Å². The van der Waals surface area contributed by atoms with Crippen molar-refractivity contribution in [3.05, 3.63) is 42.7 Å². The third kappa shape index (κ3) is 2.70. The zero-order valence-electron chi connectivity index (χ0n) is 8.74. The average molecular weight is 250 g/mol. The van der Waals surface area contributed by atoms with Crippen molar-refractivity contribution in [2.45, 2.75) is 4.90 Å². The van der Waals surface area contributed by atoms with Crippen LogP contribution in [0, 0.1) is 0 Å². The van der Waals surface area contributed by atoms with Crippen LogP contribution in [0.3, 0.4) is 0 Å². The number of pyridine rings is 2. The van der Waals surface area contributed by atoms with Gasteiger partial charge in [0.05, 0.1) is 4.90 Å². The van der Waals surface area contributed by atoms with Gasteiger partial charge in [-0.15, -0.1) is 0 Å². The molecule has 0 aromatic carbocycles. The molecule has 6 nitrogen and oxygen atoms in total. The van der Waals surface area contributed by atoms with Crippen LogP contribution in [-0.4, -0.2) is 18.4 Å². The fraction of sp³-hybridized carbons (Fsp3) is 0. The number of nitrogens with zero attached hydrogens (tertiary/aromatic N) is 2. The number of nitrogens with two attached hydrogens (primary N) is 1. The summed E-state index contributed by atoms with van der Waals surface area (Å²) in [4.78, 5) is 7.66. The molecule has 2 aromatic rings. The van der Waals surface area contributed by atoms with E-state index in [1.165, 1.54) is 24.5 Å². The van der Waals surface area contributed by atoms with Crippen molar-refractivity contribution in [1.29, 1.82) is 0 Å². The van der Waals surface area contributed by atoms with Crippen molar-refractivity contribution >= 4 is 21.7 Å². The lowest BCUT2D eigenvalue weighted by Gasteiger charge is -2.06. The number of aromatic nitrogens is 2. The minimum Gasteiger partial charge on any atom is -0.384 e. The average Bonchev–Trinajstić information content (AvgIpc) is 2.30. The quantitative estimate of drug-likeness (QED) is 0.841. The van der Waals surface area contributed by atoms with E-state index in [-0.39, 0.29) is 16.5 Å². The monoisotopic (exact) mass is 250 g/mol. The molecular formula is C10H10N4O2S. The SMILES string of the molecule is Nc1cc(S(=O)(=O)Nc2ccccn2)ccn1. The molecule has 0 aliphatic carbocycles. The third-order valence-electron chi connectivity index (χ3n) is 1.97. The first kappa shape index (κ1) is 11.3. The highest BCUT2D eigenvalue weighted by Gasteiger charge is 2.14. The summed E-state index contributed by atoms with van der Waals surface area (Å²) in [5.74, 6) is 0.400. The molecule has 2 rings (SSSR count). The second-order valence-corrected chi connectivity index (χ2v) is 4.92. The summed E-state index contributed by atoms with van der Waals surface area (Å²) in [5.41, 5.74) is 5.43. The lowest BCUT2D eigenvalue weighted by atomic mass is 10.5. The number of nitrogens with one attached hydrogen (secondary N) is 1. The smallest absolute Gasteiger partial charge is 0.263 e. The Bertz CT molecular complexity index is 613. The molecule has 3 N–H and O–H groups in total. The van der Waals surface area contributed by atoms with Gasteiger partial charge in [0, 0.05) is 18.5 Å². The van der Waals surface area contributed by atoms with Gasteiger partial charge in [-0.1, -0.05) is 6.07 Å². The highest BCUT2D eigenvalue weighted by atomic mass is 32.2. The predicted molar refractivity (Wildman–Crippen MR) is 63.7 cm³/mol. The normalized spacial score (nSPS) is 11.1. The van der Waals surface area contributed by atoms with Crippen LogP contribution in [0.1, 0.15) is 0 Å². The minimum absolute atomic E-state index is 0.0515. The topological polar surface area (TPSA) is 98.0 Å². The van der Waals surface area contributed by atoms with Gasteiger partial charge in [-0.3, -0.25) is 4.72 Å². The van der Waals surface area contributed by atoms with Crippen molar-refractivity contribution in [2.24, 2.45) is 0 Å². The van der Waals surface area contributed by atoms with Crippen LogP contribution < -0.4 is 10.5 Å². The first-order valence-corrected chi connectivity index (χ1v) is 6.22. The van der Waals surface area contributed by atoms with Crippen LogP contribution in [0.5, 0.6) is 0 Å². The maximum absolute atomic E-state index is 11.9. The molecule has 0 bridgehead atoms. The van der Waals surface area contributed by atoms with Gasteiger partial charge in [0.1, 0.15) is 11.6 Å². The van der Waals surface area contributed by atoms with Crippen LogP contribution in [0.4, 0.5) is 11.6 Å². The molecule has 0 spiro atoms. The molecule has 0 atom stereocenters. The molecular weight excluding hydrogens is 240 g/mol. The van der Waals surface area contributed by atoms with Crippen molar-refractivity contribution in [2.75, 3.05) is 10.5 Å². The fourth-order valence-corrected chi connectivity index (χ4v) is 2.24. The fourth-order valence-electron chi connectivity index (χ4n) is 1.21. The molecule has 17 heavy (non-hydrogen) atoms. The Labute approximate surface area is 98.6 Å². The summed E-state index contributed by atoms with van der Waals surface area (Å²) in [6, 6.07) is 7.59. The van der Waals surface area contributed by atoms with Gasteiger partial charge in [0.25, 0.3) is 10.0 Å². The van der Waals surface area contributed by atoms with E-state index in [2.05, 4.69) is 14.7 Å². The summed E-state index contributed by atoms with van der Waals surface area (Å²) in [5, 5.41) is 0. The molecule has 0 radical (unpaired) electrons. The van der Waals surface area contributed by atoms with Gasteiger partial charge in [0.2, 0.25) is 0 Å². The number of nitrogen functional groups attached to an aromatic ring is 1. The molecule has 0 aliphatic heterocycles. The summed E-state index contributed by atoms with van der Waals surface area (Å²) >= 11 is 0. The molecule has 0 saturated heterocycles. The highest BCUT2D eigenvalue weighted by molar-refractivity contribution is 7.92. The number of sulfonamides is 1. The first-order chi connectivity index (χ1) is 8.08. The summed E-state index contributed by atoms with van der Waals surface area (Å²) in [7, 11) is -3.67. The van der Waals surface area contributed by atoms with Gasteiger partial charge >= 0.3 is 0 Å². The Morgan fingerprint density at radius 2 is 1.94 bits per heavy atom. The van der Waals surface area contributed by atoms with Crippen LogP contribution >= 0.6 is 0 Å². The van der Waals surface area contributed by atoms with Crippen LogP contribution in [0.15, 0.2) is 47.6 Å². The van der Waals surface area contributed by atoms with E-state index in [1.807, 2.05) is 0 Å². The van der Waals surface area contributed by atoms with E-state index in [4.69, 9.17) is 5.73 Å². The van der Waals surface area contributed by atoms with Gasteiger partial charge < -0.3 is 5.73 Å². The molecule has 2 heterocycles. The highest BCUT2D eigenvalue weighted by Crippen LogP contribution is 2.14. The van der Waals surface area contributed by atoms with E-state index < -0.39 is 10.0 Å². The number of anilines is 2. The van der Waals surface area contributed by atoms with E-state index in [1.54, 1.807) is 18.2 Å². The number of rotatable bonds is 3. The maximum atomic E-state index is 11.9. The minimum atomic E-state index is -3.67. The van der Waals surface area contributed by atoms with E-state index >= 15 is 0 Å². The van der Waals surface area contributed by atoms with Crippen molar-refractivity contribution in [3.8, 4) is 0 Å². The Morgan fingerprint density at radius 3 is 2.59 bits per heavy atom. The molecule has 88 valence electrons. The summed E-state index contributed by atoms with van der Waals surface area (Å²) in [6.45, 7) is 0. The van der Waals surface area contributed by atoms with Crippen LogP contribution in [0.2, 0.25) is 0 Å². The molecule has 0 fully saturated rings. The predicted octanol–water partition coefficient (Wildman–Crippen LogP) is 0.860. The van der Waals surface area contributed by atoms with Gasteiger partial charge in [-0.25, -0.2) is 18.4 Å². The number of hydrogen-bond acceptors (Lipinski definition) is 5. The number of hydrogen-bond donors (Lipinski definition) is 2. The molecule has 0 saturated carbocycles. The molecule has 7 heteroatoms. The van der Waals surface area contributed by atoms with E-state index in [0.29, 0.717) is 0 Å². The molecule has 0 amide bonds. The van der Waals surface area contributed by atoms with Crippen molar-refractivity contribution < 1.29 is 8.42 Å². The zero-order valence-corrected chi connectivity index (χ0v) is 9.55. The zero-order chi connectivity index (χ0) is 12.3. The van der Waals surface area contributed by atoms with Crippen molar-refractivity contribution in [3.63, 3.8) is 0 Å². The standard InChI is InChI=1S/C10H10N4O2S/c11-9-7-8(4-6-12-9)17(15,16)14-10-3-1-2-5-13-10/h1-7H,(H2,11,12)(H,13,14). The lowest BCUT2D eigenvalue weighted by Crippen LogP contribution is -2.14. The third-order valence-corrected chi connectivity index (χ3v) is 3.32. The Hall–Kier alpha value is -2.15. The second kappa shape index (κ2) is 4.38. The molecule has 2 aromatic heterocycles. The first-order valence-electron chi connectivity index (χ1n) is 4.73. The van der Waals surface area contributed by atoms with Gasteiger partial charge in [0.15, 0.2) is 0 Å². The Balaban J connectivity index is 2.32. The largest absolute Gasteiger partial charge is 0.384 e. The maximum Gasteiger partial charge on any atom is 0.263 e. The Kier molecular flexibility index (Phi) is 2.92. The van der Waals surface area contributed by atoms with Crippen LogP contribution in [0.25, 0.3) is 0 Å². The Morgan fingerprint density at radius 1 is 1.12 bits per heavy atom. The van der Waals surface area contributed by atoms with Crippen molar-refractivity contribution in [1.82, 2.24) is 9.97 Å². The lowest BCUT2D eigenvalue weighted by molar-refractivity contribution is 0.601.